The van der Waals surface area contributed by atoms with Crippen molar-refractivity contribution in [1.29, 1.82) is 0 Å². The summed E-state index contributed by atoms with van der Waals surface area (Å²) in [7, 11) is -2.88. The molecule has 6 heteroatoms. The molecule has 0 atom stereocenters. The van der Waals surface area contributed by atoms with Gasteiger partial charge >= 0.3 is 0 Å². The van der Waals surface area contributed by atoms with Crippen molar-refractivity contribution in [1.82, 2.24) is 4.98 Å². The van der Waals surface area contributed by atoms with Crippen molar-refractivity contribution >= 4 is 21.2 Å². The van der Waals surface area contributed by atoms with Crippen LogP contribution in [0.2, 0.25) is 0 Å². The first kappa shape index (κ1) is 11.6. The Morgan fingerprint density at radius 1 is 1.50 bits per heavy atom. The normalized spacial score (nSPS) is 11.9. The predicted octanol–water partition coefficient (Wildman–Crippen LogP) is 0.231. The zero-order valence-corrected chi connectivity index (χ0v) is 9.70. The number of nitrogens with zero attached hydrogens (tertiary/aromatic N) is 1. The molecule has 0 unspecified atom stereocenters. The number of hydrogen-bond acceptors (Lipinski definition) is 5. The molecule has 0 radical (unpaired) electrons. The molecule has 0 spiro atoms. The highest BCUT2D eigenvalue weighted by atomic mass is 32.2. The van der Waals surface area contributed by atoms with Crippen LogP contribution in [0.15, 0.2) is 5.38 Å². The Morgan fingerprint density at radius 2 is 2.21 bits per heavy atom. The number of rotatable bonds is 5. The molecule has 0 aliphatic carbocycles. The minimum Gasteiger partial charge on any atom is -0.330 e. The lowest BCUT2D eigenvalue weighted by molar-refractivity contribution is 0.601. The van der Waals surface area contributed by atoms with Crippen LogP contribution >= 0.6 is 11.3 Å². The summed E-state index contributed by atoms with van der Waals surface area (Å²) in [6.45, 7) is 0.579. The summed E-state index contributed by atoms with van der Waals surface area (Å²) in [5.74, 6) is 0.169. The van der Waals surface area contributed by atoms with Crippen molar-refractivity contribution in [3.8, 4) is 0 Å². The number of aromatic nitrogens is 1. The van der Waals surface area contributed by atoms with Crippen LogP contribution in [0.3, 0.4) is 0 Å². The molecule has 0 aliphatic heterocycles. The largest absolute Gasteiger partial charge is 0.330 e. The monoisotopic (exact) mass is 234 g/mol. The van der Waals surface area contributed by atoms with Crippen LogP contribution < -0.4 is 5.73 Å². The molecule has 80 valence electrons. The van der Waals surface area contributed by atoms with Crippen molar-refractivity contribution in [2.45, 2.75) is 12.8 Å². The van der Waals surface area contributed by atoms with Crippen LogP contribution in [-0.4, -0.2) is 32.0 Å². The number of thiazole rings is 1. The second-order valence-electron chi connectivity index (χ2n) is 3.15. The Morgan fingerprint density at radius 3 is 2.79 bits per heavy atom. The fourth-order valence-electron chi connectivity index (χ4n) is 0.999. The first-order chi connectivity index (χ1) is 6.51. The van der Waals surface area contributed by atoms with E-state index in [9.17, 15) is 8.42 Å². The van der Waals surface area contributed by atoms with Gasteiger partial charge in [0.25, 0.3) is 0 Å². The van der Waals surface area contributed by atoms with E-state index in [1.54, 1.807) is 0 Å². The van der Waals surface area contributed by atoms with Crippen molar-refractivity contribution in [2.75, 3.05) is 18.6 Å². The third-order valence-electron chi connectivity index (χ3n) is 1.69. The maximum atomic E-state index is 10.9. The van der Waals surface area contributed by atoms with Crippen molar-refractivity contribution in [3.05, 3.63) is 16.1 Å². The number of aryl methyl sites for hydroxylation is 1. The molecule has 0 aromatic carbocycles. The molecule has 0 fully saturated rings. The second kappa shape index (κ2) is 4.86. The van der Waals surface area contributed by atoms with Gasteiger partial charge in [-0.3, -0.25) is 0 Å². The summed E-state index contributed by atoms with van der Waals surface area (Å²) < 4.78 is 21.8. The van der Waals surface area contributed by atoms with Gasteiger partial charge in [0.15, 0.2) is 0 Å². The molecule has 0 saturated carbocycles. The van der Waals surface area contributed by atoms with Gasteiger partial charge in [0.1, 0.15) is 9.84 Å². The third kappa shape index (κ3) is 4.17. The Kier molecular flexibility index (Phi) is 4.03. The summed E-state index contributed by atoms with van der Waals surface area (Å²) >= 11 is 1.50. The van der Waals surface area contributed by atoms with Crippen LogP contribution in [0.1, 0.15) is 10.7 Å². The van der Waals surface area contributed by atoms with Crippen LogP contribution in [0.5, 0.6) is 0 Å². The molecule has 2 N–H and O–H groups in total. The van der Waals surface area contributed by atoms with E-state index in [1.165, 1.54) is 17.6 Å². The van der Waals surface area contributed by atoms with E-state index in [4.69, 9.17) is 5.73 Å². The molecule has 0 bridgehead atoms. The zero-order valence-electron chi connectivity index (χ0n) is 8.06. The SMILES string of the molecule is CS(=O)(=O)CCc1nc(CCN)cs1. The molecule has 0 aliphatic rings. The molecule has 0 saturated heterocycles. The average molecular weight is 234 g/mol. The number of nitrogens with two attached hydrogens (primary N) is 1. The molecule has 1 rings (SSSR count). The van der Waals surface area contributed by atoms with Crippen LogP contribution in [-0.2, 0) is 22.7 Å². The summed E-state index contributed by atoms with van der Waals surface area (Å²) in [6, 6.07) is 0. The fraction of sp³-hybridized carbons (Fsp3) is 0.625. The maximum Gasteiger partial charge on any atom is 0.147 e. The van der Waals surface area contributed by atoms with Gasteiger partial charge in [-0.25, -0.2) is 13.4 Å². The molecular weight excluding hydrogens is 220 g/mol. The summed E-state index contributed by atoms with van der Waals surface area (Å²) in [5.41, 5.74) is 6.34. The van der Waals surface area contributed by atoms with Gasteiger partial charge in [-0.15, -0.1) is 11.3 Å². The minimum absolute atomic E-state index is 0.169. The highest BCUT2D eigenvalue weighted by Crippen LogP contribution is 2.11. The Balaban J connectivity index is 2.52. The number of sulfone groups is 1. The van der Waals surface area contributed by atoms with Gasteiger partial charge in [0, 0.05) is 24.5 Å². The predicted molar refractivity (Wildman–Crippen MR) is 58.3 cm³/mol. The van der Waals surface area contributed by atoms with Gasteiger partial charge in [-0.2, -0.15) is 0 Å². The standard InChI is InChI=1S/C8H14N2O2S2/c1-14(11,12)5-3-8-10-7(2-4-9)6-13-8/h6H,2-5,9H2,1H3. The second-order valence-corrected chi connectivity index (χ2v) is 6.35. The summed E-state index contributed by atoms with van der Waals surface area (Å²) in [6.07, 6.45) is 2.50. The lowest BCUT2D eigenvalue weighted by atomic mass is 10.3. The summed E-state index contributed by atoms with van der Waals surface area (Å²) in [5, 5.41) is 2.81. The Bertz CT molecular complexity index is 384. The number of hydrogen-bond donors (Lipinski definition) is 1. The molecule has 1 aromatic rings. The van der Waals surface area contributed by atoms with Gasteiger partial charge in [0.05, 0.1) is 16.5 Å². The molecule has 0 amide bonds. The van der Waals surface area contributed by atoms with Gasteiger partial charge in [-0.05, 0) is 6.54 Å². The van der Waals surface area contributed by atoms with E-state index in [2.05, 4.69) is 4.98 Å². The molecule has 1 heterocycles. The zero-order chi connectivity index (χ0) is 10.6. The molecular formula is C8H14N2O2S2. The van der Waals surface area contributed by atoms with Crippen LogP contribution in [0, 0.1) is 0 Å². The highest BCUT2D eigenvalue weighted by molar-refractivity contribution is 7.90. The highest BCUT2D eigenvalue weighted by Gasteiger charge is 2.06. The van der Waals surface area contributed by atoms with Crippen molar-refractivity contribution in [3.63, 3.8) is 0 Å². The van der Waals surface area contributed by atoms with Gasteiger partial charge < -0.3 is 5.73 Å². The van der Waals surface area contributed by atoms with Crippen LogP contribution in [0.25, 0.3) is 0 Å². The van der Waals surface area contributed by atoms with Crippen LogP contribution in [0.4, 0.5) is 0 Å². The van der Waals surface area contributed by atoms with E-state index in [0.717, 1.165) is 17.1 Å². The summed E-state index contributed by atoms with van der Waals surface area (Å²) in [4.78, 5) is 4.28. The first-order valence-corrected chi connectivity index (χ1v) is 7.26. The topological polar surface area (TPSA) is 73.0 Å². The van der Waals surface area contributed by atoms with Gasteiger partial charge in [0.2, 0.25) is 0 Å². The van der Waals surface area contributed by atoms with E-state index in [-0.39, 0.29) is 5.75 Å². The van der Waals surface area contributed by atoms with Crippen molar-refractivity contribution in [2.24, 2.45) is 5.73 Å². The first-order valence-electron chi connectivity index (χ1n) is 4.32. The van der Waals surface area contributed by atoms with E-state index >= 15 is 0 Å². The third-order valence-corrected chi connectivity index (χ3v) is 3.59. The lowest BCUT2D eigenvalue weighted by Crippen LogP contribution is -2.06. The quantitative estimate of drug-likeness (QED) is 0.791. The maximum absolute atomic E-state index is 10.9. The van der Waals surface area contributed by atoms with Crippen molar-refractivity contribution < 1.29 is 8.42 Å². The average Bonchev–Trinajstić information content (AvgIpc) is 2.49. The van der Waals surface area contributed by atoms with E-state index in [1.807, 2.05) is 5.38 Å². The lowest BCUT2D eigenvalue weighted by Gasteiger charge is -1.94. The minimum atomic E-state index is -2.88. The molecule has 14 heavy (non-hydrogen) atoms. The smallest absolute Gasteiger partial charge is 0.147 e. The van der Waals surface area contributed by atoms with E-state index < -0.39 is 9.84 Å². The van der Waals surface area contributed by atoms with Gasteiger partial charge in [-0.1, -0.05) is 0 Å². The Labute approximate surface area is 88.1 Å². The van der Waals surface area contributed by atoms with E-state index in [0.29, 0.717) is 13.0 Å². The Hall–Kier alpha value is -0.460. The molecule has 1 aromatic heterocycles. The fourth-order valence-corrected chi connectivity index (χ4v) is 2.53. The molecule has 4 nitrogen and oxygen atoms in total.